The fourth-order valence-electron chi connectivity index (χ4n) is 3.23. The van der Waals surface area contributed by atoms with Crippen LogP contribution < -0.4 is 10.2 Å². The van der Waals surface area contributed by atoms with E-state index in [0.29, 0.717) is 22.6 Å². The average Bonchev–Trinajstić information content (AvgIpc) is 3.11. The van der Waals surface area contributed by atoms with E-state index in [2.05, 4.69) is 78.3 Å². The largest absolute Gasteiger partial charge is 0.487 e. The lowest BCUT2D eigenvalue weighted by atomic mass is 10.2. The van der Waals surface area contributed by atoms with Crippen LogP contribution in [-0.2, 0) is 13.2 Å². The summed E-state index contributed by atoms with van der Waals surface area (Å²) < 4.78 is 10.1. The number of para-hydroxylation sites is 2. The number of ether oxygens (including phenoxy) is 1. The normalized spacial score (nSPS) is 11.4. The van der Waals surface area contributed by atoms with Gasteiger partial charge in [-0.05, 0) is 94.1 Å². The zero-order valence-electron chi connectivity index (χ0n) is 16.9. The molecule has 0 saturated heterocycles. The molecule has 0 fully saturated rings. The molecule has 0 saturated carbocycles. The first-order valence-electron chi connectivity index (χ1n) is 9.76. The SMILES string of the molecule is CCn1c(N/N=C\c2cc(I)c(OCc3ccc(Cl)cc3Cl)c(I)c2)nc2ccccc21. The molecule has 32 heavy (non-hydrogen) atoms. The molecule has 0 aliphatic heterocycles. The zero-order chi connectivity index (χ0) is 22.7. The van der Waals surface area contributed by atoms with Crippen LogP contribution in [0.1, 0.15) is 18.1 Å². The quantitative estimate of drug-likeness (QED) is 0.124. The van der Waals surface area contributed by atoms with Crippen molar-refractivity contribution >= 4 is 91.6 Å². The van der Waals surface area contributed by atoms with Crippen molar-refractivity contribution in [2.24, 2.45) is 5.10 Å². The number of aromatic nitrogens is 2. The standard InChI is InChI=1S/C23H18Cl2I2N4O/c1-2-31-21-6-4-3-5-20(21)29-23(31)30-28-12-14-9-18(26)22(19(27)10-14)32-13-15-7-8-16(24)11-17(15)25/h3-12H,2,13H2,1H3,(H,29,30)/b28-12-. The number of hydrogen-bond acceptors (Lipinski definition) is 4. The molecule has 0 amide bonds. The van der Waals surface area contributed by atoms with Gasteiger partial charge in [-0.25, -0.2) is 10.4 Å². The highest BCUT2D eigenvalue weighted by molar-refractivity contribution is 14.1. The van der Waals surface area contributed by atoms with Gasteiger partial charge in [-0.2, -0.15) is 5.10 Å². The van der Waals surface area contributed by atoms with E-state index >= 15 is 0 Å². The molecule has 0 aliphatic rings. The lowest BCUT2D eigenvalue weighted by Crippen LogP contribution is -2.03. The van der Waals surface area contributed by atoms with Crippen LogP contribution in [0.2, 0.25) is 10.0 Å². The van der Waals surface area contributed by atoms with E-state index in [-0.39, 0.29) is 0 Å². The second kappa shape index (κ2) is 10.6. The van der Waals surface area contributed by atoms with Gasteiger partial charge in [0.2, 0.25) is 5.95 Å². The number of rotatable bonds is 7. The van der Waals surface area contributed by atoms with Crippen molar-refractivity contribution in [2.45, 2.75) is 20.1 Å². The summed E-state index contributed by atoms with van der Waals surface area (Å²) in [5.74, 6) is 1.53. The van der Waals surface area contributed by atoms with Crippen molar-refractivity contribution in [3.63, 3.8) is 0 Å². The third-order valence-electron chi connectivity index (χ3n) is 4.76. The molecule has 4 rings (SSSR count). The van der Waals surface area contributed by atoms with Gasteiger partial charge in [-0.3, -0.25) is 0 Å². The van der Waals surface area contributed by atoms with Crippen molar-refractivity contribution in [3.8, 4) is 5.75 Å². The van der Waals surface area contributed by atoms with E-state index in [4.69, 9.17) is 27.9 Å². The molecular weight excluding hydrogens is 673 g/mol. The molecule has 164 valence electrons. The van der Waals surface area contributed by atoms with Gasteiger partial charge in [-0.1, -0.05) is 41.4 Å². The van der Waals surface area contributed by atoms with E-state index in [1.165, 1.54) is 0 Å². The summed E-state index contributed by atoms with van der Waals surface area (Å²) in [6.07, 6.45) is 1.78. The highest BCUT2D eigenvalue weighted by Crippen LogP contribution is 2.30. The Balaban J connectivity index is 1.48. The number of nitrogens with zero attached hydrogens (tertiary/aromatic N) is 3. The van der Waals surface area contributed by atoms with E-state index in [9.17, 15) is 0 Å². The zero-order valence-corrected chi connectivity index (χ0v) is 22.8. The minimum Gasteiger partial charge on any atom is -0.487 e. The number of fused-ring (bicyclic) bond motifs is 1. The van der Waals surface area contributed by atoms with Crippen molar-refractivity contribution in [1.29, 1.82) is 0 Å². The molecule has 0 spiro atoms. The molecule has 3 aromatic carbocycles. The van der Waals surface area contributed by atoms with Gasteiger partial charge < -0.3 is 9.30 Å². The maximum absolute atomic E-state index is 6.26. The van der Waals surface area contributed by atoms with Crippen molar-refractivity contribution < 1.29 is 4.74 Å². The Hall–Kier alpha value is -1.56. The van der Waals surface area contributed by atoms with Gasteiger partial charge in [0.25, 0.3) is 0 Å². The van der Waals surface area contributed by atoms with Gasteiger partial charge in [0.15, 0.2) is 0 Å². The summed E-state index contributed by atoms with van der Waals surface area (Å²) in [7, 11) is 0. The number of aryl methyl sites for hydroxylation is 1. The fraction of sp³-hybridized carbons (Fsp3) is 0.130. The first kappa shape index (κ1) is 23.6. The fourth-order valence-corrected chi connectivity index (χ4v) is 5.82. The number of hydrazone groups is 1. The lowest BCUT2D eigenvalue weighted by molar-refractivity contribution is 0.302. The molecule has 0 unspecified atom stereocenters. The van der Waals surface area contributed by atoms with E-state index < -0.39 is 0 Å². The molecule has 0 radical (unpaired) electrons. The van der Waals surface area contributed by atoms with Crippen LogP contribution in [0.5, 0.6) is 5.75 Å². The maximum atomic E-state index is 6.26. The Morgan fingerprint density at radius 1 is 1.09 bits per heavy atom. The van der Waals surface area contributed by atoms with Crippen LogP contribution in [0.25, 0.3) is 11.0 Å². The second-order valence-electron chi connectivity index (χ2n) is 6.88. The van der Waals surface area contributed by atoms with Gasteiger partial charge in [0, 0.05) is 22.2 Å². The highest BCUT2D eigenvalue weighted by Gasteiger charge is 2.11. The van der Waals surface area contributed by atoms with Crippen molar-refractivity contribution in [3.05, 3.63) is 82.9 Å². The Bertz CT molecular complexity index is 1280. The summed E-state index contributed by atoms with van der Waals surface area (Å²) in [5.41, 5.74) is 6.94. The van der Waals surface area contributed by atoms with Gasteiger partial charge >= 0.3 is 0 Å². The number of benzene rings is 3. The van der Waals surface area contributed by atoms with Crippen LogP contribution in [0.4, 0.5) is 5.95 Å². The molecule has 9 heteroatoms. The maximum Gasteiger partial charge on any atom is 0.224 e. The van der Waals surface area contributed by atoms with Gasteiger partial charge in [-0.15, -0.1) is 0 Å². The van der Waals surface area contributed by atoms with Crippen LogP contribution in [0.3, 0.4) is 0 Å². The summed E-state index contributed by atoms with van der Waals surface area (Å²) in [6, 6.07) is 17.5. The van der Waals surface area contributed by atoms with E-state index in [0.717, 1.165) is 41.6 Å². The van der Waals surface area contributed by atoms with Crippen molar-refractivity contribution in [1.82, 2.24) is 9.55 Å². The molecule has 1 aromatic heterocycles. The summed E-state index contributed by atoms with van der Waals surface area (Å²) >= 11 is 16.8. The van der Waals surface area contributed by atoms with Crippen molar-refractivity contribution in [2.75, 3.05) is 5.43 Å². The molecular formula is C23H18Cl2I2N4O. The topological polar surface area (TPSA) is 51.4 Å². The number of nitrogens with one attached hydrogen (secondary N) is 1. The third-order valence-corrected chi connectivity index (χ3v) is 6.95. The van der Waals surface area contributed by atoms with Crippen LogP contribution >= 0.6 is 68.4 Å². The summed E-state index contributed by atoms with van der Waals surface area (Å²) in [5, 5.41) is 5.60. The van der Waals surface area contributed by atoms with Gasteiger partial charge in [0.05, 0.1) is 24.4 Å². The predicted molar refractivity (Wildman–Crippen MR) is 149 cm³/mol. The molecule has 5 nitrogen and oxygen atoms in total. The Kier molecular flexibility index (Phi) is 7.80. The number of imidazole rings is 1. The molecule has 1 N–H and O–H groups in total. The molecule has 4 aromatic rings. The highest BCUT2D eigenvalue weighted by atomic mass is 127. The Morgan fingerprint density at radius 3 is 2.56 bits per heavy atom. The first-order valence-corrected chi connectivity index (χ1v) is 12.7. The second-order valence-corrected chi connectivity index (χ2v) is 10.0. The van der Waals surface area contributed by atoms with Crippen LogP contribution in [0.15, 0.2) is 59.7 Å². The molecule has 0 atom stereocenters. The Labute approximate surface area is 223 Å². The summed E-state index contributed by atoms with van der Waals surface area (Å²) in [4.78, 5) is 4.63. The predicted octanol–water partition coefficient (Wildman–Crippen LogP) is 7.60. The van der Waals surface area contributed by atoms with E-state index in [1.807, 2.05) is 36.4 Å². The van der Waals surface area contributed by atoms with Crippen LogP contribution in [0, 0.1) is 7.14 Å². The first-order chi connectivity index (χ1) is 15.5. The average molecular weight is 691 g/mol. The smallest absolute Gasteiger partial charge is 0.224 e. The Morgan fingerprint density at radius 2 is 1.84 bits per heavy atom. The lowest BCUT2D eigenvalue weighted by Gasteiger charge is -2.12. The molecule has 1 heterocycles. The van der Waals surface area contributed by atoms with Crippen LogP contribution in [-0.4, -0.2) is 15.8 Å². The third kappa shape index (κ3) is 5.32. The van der Waals surface area contributed by atoms with E-state index in [1.54, 1.807) is 18.3 Å². The monoisotopic (exact) mass is 690 g/mol. The summed E-state index contributed by atoms with van der Waals surface area (Å²) in [6.45, 7) is 3.26. The number of halogens is 4. The molecule has 0 aliphatic carbocycles. The molecule has 0 bridgehead atoms. The number of hydrogen-bond donors (Lipinski definition) is 1. The minimum atomic E-state index is 0.365. The minimum absolute atomic E-state index is 0.365. The number of anilines is 1. The van der Waals surface area contributed by atoms with Gasteiger partial charge in [0.1, 0.15) is 12.4 Å².